The van der Waals surface area contributed by atoms with Crippen LogP contribution >= 0.6 is 12.6 Å². The van der Waals surface area contributed by atoms with Gasteiger partial charge in [-0.25, -0.2) is 4.98 Å². The first-order valence-corrected chi connectivity index (χ1v) is 5.53. The molecule has 0 aromatic carbocycles. The first-order chi connectivity index (χ1) is 6.90. The lowest BCUT2D eigenvalue weighted by Crippen LogP contribution is -1.92. The minimum Gasteiger partial charge on any atom is -0.370 e. The molecule has 2 heterocycles. The standard InChI is InChI=1S/C11H14N2S/c14-6-2-1-3-9-7-10-4-5-12-11(10)13-8-9/h1,3,7-8,14H,2,4-6H2,(H,12,13). The highest BCUT2D eigenvalue weighted by Gasteiger charge is 2.10. The van der Waals surface area contributed by atoms with Crippen LogP contribution in [0.4, 0.5) is 5.82 Å². The van der Waals surface area contributed by atoms with Gasteiger partial charge in [0.1, 0.15) is 5.82 Å². The monoisotopic (exact) mass is 206 g/mol. The van der Waals surface area contributed by atoms with Crippen LogP contribution in [-0.2, 0) is 6.42 Å². The van der Waals surface area contributed by atoms with Gasteiger partial charge in [0.25, 0.3) is 0 Å². The third kappa shape index (κ3) is 2.10. The Labute approximate surface area is 89.9 Å². The highest BCUT2D eigenvalue weighted by Crippen LogP contribution is 2.20. The molecule has 74 valence electrons. The molecule has 0 spiro atoms. The number of thiol groups is 1. The van der Waals surface area contributed by atoms with Gasteiger partial charge in [-0.1, -0.05) is 12.2 Å². The number of allylic oxidation sites excluding steroid dienone is 1. The van der Waals surface area contributed by atoms with E-state index in [1.165, 1.54) is 11.1 Å². The zero-order valence-corrected chi connectivity index (χ0v) is 8.93. The van der Waals surface area contributed by atoms with Crippen LogP contribution in [0, 0.1) is 0 Å². The Morgan fingerprint density at radius 1 is 1.57 bits per heavy atom. The van der Waals surface area contributed by atoms with Gasteiger partial charge in [0.05, 0.1) is 0 Å². The molecule has 0 aliphatic carbocycles. The zero-order chi connectivity index (χ0) is 9.80. The van der Waals surface area contributed by atoms with E-state index in [1.807, 2.05) is 6.20 Å². The van der Waals surface area contributed by atoms with Crippen molar-refractivity contribution in [3.8, 4) is 0 Å². The van der Waals surface area contributed by atoms with Crippen LogP contribution in [-0.4, -0.2) is 17.3 Å². The Kier molecular flexibility index (Phi) is 3.09. The molecule has 3 heteroatoms. The Morgan fingerprint density at radius 2 is 2.50 bits per heavy atom. The van der Waals surface area contributed by atoms with E-state index in [0.717, 1.165) is 31.0 Å². The van der Waals surface area contributed by atoms with Crippen molar-refractivity contribution in [2.75, 3.05) is 17.6 Å². The lowest BCUT2D eigenvalue weighted by Gasteiger charge is -1.99. The molecule has 0 unspecified atom stereocenters. The second-order valence-electron chi connectivity index (χ2n) is 3.37. The molecule has 0 bridgehead atoms. The third-order valence-electron chi connectivity index (χ3n) is 2.28. The number of hydrogen-bond acceptors (Lipinski definition) is 3. The maximum Gasteiger partial charge on any atom is 0.129 e. The molecule has 1 aliphatic rings. The summed E-state index contributed by atoms with van der Waals surface area (Å²) in [6.45, 7) is 1.02. The Bertz CT molecular complexity index is 347. The molecule has 14 heavy (non-hydrogen) atoms. The van der Waals surface area contributed by atoms with E-state index in [2.05, 4.69) is 41.1 Å². The van der Waals surface area contributed by atoms with Crippen LogP contribution in [0.2, 0.25) is 0 Å². The van der Waals surface area contributed by atoms with Crippen molar-refractivity contribution < 1.29 is 0 Å². The lowest BCUT2D eigenvalue weighted by molar-refractivity contribution is 1.11. The topological polar surface area (TPSA) is 24.9 Å². The molecule has 1 aliphatic heterocycles. The van der Waals surface area contributed by atoms with Crippen LogP contribution in [0.3, 0.4) is 0 Å². The average Bonchev–Trinajstić information content (AvgIpc) is 2.65. The molecule has 1 N–H and O–H groups in total. The van der Waals surface area contributed by atoms with Crippen LogP contribution in [0.25, 0.3) is 6.08 Å². The van der Waals surface area contributed by atoms with Crippen LogP contribution < -0.4 is 5.32 Å². The van der Waals surface area contributed by atoms with Gasteiger partial charge in [0.2, 0.25) is 0 Å². The molecule has 0 amide bonds. The number of hydrogen-bond donors (Lipinski definition) is 2. The van der Waals surface area contributed by atoms with Crippen molar-refractivity contribution >= 4 is 24.5 Å². The zero-order valence-electron chi connectivity index (χ0n) is 8.03. The van der Waals surface area contributed by atoms with Crippen LogP contribution in [0.15, 0.2) is 18.3 Å². The normalized spacial score (nSPS) is 14.4. The first-order valence-electron chi connectivity index (χ1n) is 4.90. The smallest absolute Gasteiger partial charge is 0.129 e. The quantitative estimate of drug-likeness (QED) is 0.742. The van der Waals surface area contributed by atoms with Gasteiger partial charge in [-0.15, -0.1) is 0 Å². The number of nitrogens with zero attached hydrogens (tertiary/aromatic N) is 1. The molecule has 1 aromatic heterocycles. The van der Waals surface area contributed by atoms with Crippen molar-refractivity contribution in [2.45, 2.75) is 12.8 Å². The number of pyridine rings is 1. The van der Waals surface area contributed by atoms with Gasteiger partial charge in [0.15, 0.2) is 0 Å². The van der Waals surface area contributed by atoms with Gasteiger partial charge >= 0.3 is 0 Å². The summed E-state index contributed by atoms with van der Waals surface area (Å²) in [6.07, 6.45) is 8.27. The second-order valence-corrected chi connectivity index (χ2v) is 3.82. The predicted molar refractivity (Wildman–Crippen MR) is 63.9 cm³/mol. The van der Waals surface area contributed by atoms with E-state index >= 15 is 0 Å². The molecule has 0 atom stereocenters. The Morgan fingerprint density at radius 3 is 3.36 bits per heavy atom. The fourth-order valence-electron chi connectivity index (χ4n) is 1.58. The van der Waals surface area contributed by atoms with Gasteiger partial charge in [-0.05, 0) is 35.8 Å². The second kappa shape index (κ2) is 4.51. The first kappa shape index (κ1) is 9.59. The summed E-state index contributed by atoms with van der Waals surface area (Å²) >= 11 is 4.16. The number of rotatable bonds is 3. The van der Waals surface area contributed by atoms with Crippen LogP contribution in [0.5, 0.6) is 0 Å². The van der Waals surface area contributed by atoms with Gasteiger partial charge in [0, 0.05) is 12.7 Å². The van der Waals surface area contributed by atoms with Crippen molar-refractivity contribution in [3.63, 3.8) is 0 Å². The summed E-state index contributed by atoms with van der Waals surface area (Å²) < 4.78 is 0. The van der Waals surface area contributed by atoms with E-state index in [-0.39, 0.29) is 0 Å². The molecular weight excluding hydrogens is 192 g/mol. The molecule has 2 nitrogen and oxygen atoms in total. The van der Waals surface area contributed by atoms with E-state index in [0.29, 0.717) is 0 Å². The molecular formula is C11H14N2S. The molecule has 1 aromatic rings. The number of fused-ring (bicyclic) bond motifs is 1. The number of anilines is 1. The molecule has 2 rings (SSSR count). The van der Waals surface area contributed by atoms with E-state index in [4.69, 9.17) is 0 Å². The Balaban J connectivity index is 2.12. The lowest BCUT2D eigenvalue weighted by atomic mass is 10.1. The SMILES string of the molecule is SCCC=Cc1cnc2c(c1)CCN2. The fourth-order valence-corrected chi connectivity index (χ4v) is 1.73. The summed E-state index contributed by atoms with van der Waals surface area (Å²) in [5.41, 5.74) is 2.52. The summed E-state index contributed by atoms with van der Waals surface area (Å²) in [5, 5.41) is 3.25. The summed E-state index contributed by atoms with van der Waals surface area (Å²) in [6, 6.07) is 2.21. The van der Waals surface area contributed by atoms with Crippen molar-refractivity contribution in [2.24, 2.45) is 0 Å². The summed E-state index contributed by atoms with van der Waals surface area (Å²) in [7, 11) is 0. The highest BCUT2D eigenvalue weighted by molar-refractivity contribution is 7.80. The molecule has 0 radical (unpaired) electrons. The predicted octanol–water partition coefficient (Wildman–Crippen LogP) is 2.38. The minimum atomic E-state index is 0.899. The van der Waals surface area contributed by atoms with Crippen molar-refractivity contribution in [3.05, 3.63) is 29.5 Å². The maximum absolute atomic E-state index is 4.36. The van der Waals surface area contributed by atoms with Gasteiger partial charge < -0.3 is 5.32 Å². The van der Waals surface area contributed by atoms with Gasteiger partial charge in [-0.2, -0.15) is 12.6 Å². The summed E-state index contributed by atoms with van der Waals surface area (Å²) in [4.78, 5) is 4.36. The van der Waals surface area contributed by atoms with E-state index < -0.39 is 0 Å². The fraction of sp³-hybridized carbons (Fsp3) is 0.364. The highest BCUT2D eigenvalue weighted by atomic mass is 32.1. The molecule has 0 saturated carbocycles. The molecule has 0 fully saturated rings. The van der Waals surface area contributed by atoms with Crippen LogP contribution in [0.1, 0.15) is 17.5 Å². The maximum atomic E-state index is 4.36. The van der Waals surface area contributed by atoms with Crippen molar-refractivity contribution in [1.82, 2.24) is 4.98 Å². The largest absolute Gasteiger partial charge is 0.370 e. The molecule has 0 saturated heterocycles. The third-order valence-corrected chi connectivity index (χ3v) is 2.54. The number of aromatic nitrogens is 1. The number of nitrogens with one attached hydrogen (secondary N) is 1. The van der Waals surface area contributed by atoms with Gasteiger partial charge in [-0.3, -0.25) is 0 Å². The minimum absolute atomic E-state index is 0.899. The summed E-state index contributed by atoms with van der Waals surface area (Å²) in [5.74, 6) is 1.95. The average molecular weight is 206 g/mol. The van der Waals surface area contributed by atoms with E-state index in [1.54, 1.807) is 0 Å². The van der Waals surface area contributed by atoms with E-state index in [9.17, 15) is 0 Å². The Hall–Kier alpha value is -0.960. The van der Waals surface area contributed by atoms with Crippen molar-refractivity contribution in [1.29, 1.82) is 0 Å².